The maximum atomic E-state index is 12.1. The topological polar surface area (TPSA) is 54.3 Å². The van der Waals surface area contributed by atoms with Gasteiger partial charge in [-0.25, -0.2) is 0 Å². The van der Waals surface area contributed by atoms with Gasteiger partial charge in [-0.15, -0.1) is 0 Å². The van der Waals surface area contributed by atoms with Gasteiger partial charge < -0.3 is 15.0 Å². The van der Waals surface area contributed by atoms with Crippen molar-refractivity contribution < 1.29 is 9.90 Å². The first kappa shape index (κ1) is 13.5. The Kier molecular flexibility index (Phi) is 3.81. The Morgan fingerprint density at radius 2 is 2.16 bits per heavy atom. The Labute approximate surface area is 116 Å². The molecule has 0 saturated carbocycles. The molecule has 0 fully saturated rings. The molecule has 4 nitrogen and oxygen atoms in total. The zero-order valence-corrected chi connectivity index (χ0v) is 11.5. The molecule has 1 heterocycles. The normalized spacial score (nSPS) is 10.5. The molecule has 0 aliphatic rings. The van der Waals surface area contributed by atoms with E-state index in [1.165, 1.54) is 6.07 Å². The molecule has 19 heavy (non-hydrogen) atoms. The SMILES string of the molecule is CCn1cc(Cl)cc1C(=O)Nc1ccc(C)c(O)c1. The number of carbonyl (C=O) groups excluding carboxylic acids is 1. The van der Waals surface area contributed by atoms with Gasteiger partial charge in [0.25, 0.3) is 5.91 Å². The number of aryl methyl sites for hydroxylation is 2. The molecule has 0 saturated heterocycles. The summed E-state index contributed by atoms with van der Waals surface area (Å²) >= 11 is 5.90. The molecule has 0 unspecified atom stereocenters. The molecule has 0 spiro atoms. The first-order valence-electron chi connectivity index (χ1n) is 5.98. The second kappa shape index (κ2) is 5.36. The van der Waals surface area contributed by atoms with Crippen molar-refractivity contribution in [3.8, 4) is 5.75 Å². The Morgan fingerprint density at radius 1 is 1.42 bits per heavy atom. The van der Waals surface area contributed by atoms with Crippen molar-refractivity contribution in [1.29, 1.82) is 0 Å². The molecule has 0 aliphatic heterocycles. The lowest BCUT2D eigenvalue weighted by Crippen LogP contribution is -2.16. The molecule has 2 N–H and O–H groups in total. The van der Waals surface area contributed by atoms with Gasteiger partial charge in [0.2, 0.25) is 0 Å². The summed E-state index contributed by atoms with van der Waals surface area (Å²) in [5, 5.41) is 12.9. The van der Waals surface area contributed by atoms with E-state index in [9.17, 15) is 9.90 Å². The lowest BCUT2D eigenvalue weighted by atomic mass is 10.2. The predicted molar refractivity (Wildman–Crippen MR) is 75.9 cm³/mol. The van der Waals surface area contributed by atoms with Crippen LogP contribution in [-0.4, -0.2) is 15.6 Å². The van der Waals surface area contributed by atoms with Gasteiger partial charge in [-0.05, 0) is 31.5 Å². The molecule has 1 aromatic heterocycles. The minimum absolute atomic E-state index is 0.154. The van der Waals surface area contributed by atoms with E-state index in [4.69, 9.17) is 11.6 Å². The molecule has 0 atom stereocenters. The molecule has 1 amide bonds. The number of rotatable bonds is 3. The third-order valence-corrected chi connectivity index (χ3v) is 3.11. The van der Waals surface area contributed by atoms with Crippen LogP contribution in [0.4, 0.5) is 5.69 Å². The number of phenols is 1. The average Bonchev–Trinajstić information content (AvgIpc) is 2.75. The molecule has 1 aromatic carbocycles. The van der Waals surface area contributed by atoms with Crippen molar-refractivity contribution in [2.45, 2.75) is 20.4 Å². The number of aromatic hydroxyl groups is 1. The van der Waals surface area contributed by atoms with Crippen LogP contribution in [0.25, 0.3) is 0 Å². The fourth-order valence-electron chi connectivity index (χ4n) is 1.81. The summed E-state index contributed by atoms with van der Waals surface area (Å²) in [7, 11) is 0. The van der Waals surface area contributed by atoms with Gasteiger partial charge >= 0.3 is 0 Å². The predicted octanol–water partition coefficient (Wildman–Crippen LogP) is 3.43. The third-order valence-electron chi connectivity index (χ3n) is 2.90. The number of amides is 1. The summed E-state index contributed by atoms with van der Waals surface area (Å²) in [4.78, 5) is 12.1. The molecular weight excluding hydrogens is 264 g/mol. The van der Waals surface area contributed by atoms with Crippen LogP contribution in [0.2, 0.25) is 5.02 Å². The van der Waals surface area contributed by atoms with Crippen LogP contribution in [-0.2, 0) is 6.54 Å². The molecular formula is C14H15ClN2O2. The Morgan fingerprint density at radius 3 is 2.79 bits per heavy atom. The maximum absolute atomic E-state index is 12.1. The smallest absolute Gasteiger partial charge is 0.272 e. The number of carbonyl (C=O) groups is 1. The van der Waals surface area contributed by atoms with E-state index in [2.05, 4.69) is 5.32 Å². The lowest BCUT2D eigenvalue weighted by Gasteiger charge is -2.08. The summed E-state index contributed by atoms with van der Waals surface area (Å²) in [6.45, 7) is 4.39. The van der Waals surface area contributed by atoms with Gasteiger partial charge in [-0.2, -0.15) is 0 Å². The van der Waals surface area contributed by atoms with Crippen LogP contribution >= 0.6 is 11.6 Å². The van der Waals surface area contributed by atoms with E-state index in [1.54, 1.807) is 35.9 Å². The highest BCUT2D eigenvalue weighted by molar-refractivity contribution is 6.31. The van der Waals surface area contributed by atoms with E-state index in [0.717, 1.165) is 5.56 Å². The van der Waals surface area contributed by atoms with Crippen LogP contribution in [0.15, 0.2) is 30.5 Å². The second-order valence-electron chi connectivity index (χ2n) is 4.28. The molecule has 5 heteroatoms. The Balaban J connectivity index is 2.22. The average molecular weight is 279 g/mol. The Hall–Kier alpha value is -1.94. The van der Waals surface area contributed by atoms with Crippen molar-refractivity contribution in [2.75, 3.05) is 5.32 Å². The molecule has 0 aliphatic carbocycles. The number of hydrogen-bond acceptors (Lipinski definition) is 2. The van der Waals surface area contributed by atoms with Gasteiger partial charge in [0.05, 0.1) is 5.02 Å². The maximum Gasteiger partial charge on any atom is 0.272 e. The molecule has 2 rings (SSSR count). The number of halogens is 1. The van der Waals surface area contributed by atoms with E-state index in [0.29, 0.717) is 22.9 Å². The minimum atomic E-state index is -0.253. The monoisotopic (exact) mass is 278 g/mol. The number of anilines is 1. The van der Waals surface area contributed by atoms with Gasteiger partial charge in [-0.3, -0.25) is 4.79 Å². The highest BCUT2D eigenvalue weighted by Crippen LogP contribution is 2.22. The van der Waals surface area contributed by atoms with Crippen LogP contribution in [0, 0.1) is 6.92 Å². The Bertz CT molecular complexity index is 620. The molecule has 100 valence electrons. The van der Waals surface area contributed by atoms with E-state index < -0.39 is 0 Å². The second-order valence-corrected chi connectivity index (χ2v) is 4.72. The largest absolute Gasteiger partial charge is 0.508 e. The van der Waals surface area contributed by atoms with Gasteiger partial charge in [0.1, 0.15) is 11.4 Å². The molecule has 0 bridgehead atoms. The number of phenolic OH excluding ortho intramolecular Hbond substituents is 1. The summed E-state index contributed by atoms with van der Waals surface area (Å²) in [6.07, 6.45) is 1.71. The van der Waals surface area contributed by atoms with Crippen molar-refractivity contribution in [3.63, 3.8) is 0 Å². The van der Waals surface area contributed by atoms with Crippen molar-refractivity contribution in [1.82, 2.24) is 4.57 Å². The minimum Gasteiger partial charge on any atom is -0.508 e. The van der Waals surface area contributed by atoms with Crippen LogP contribution < -0.4 is 5.32 Å². The fourth-order valence-corrected chi connectivity index (χ4v) is 2.03. The van der Waals surface area contributed by atoms with Crippen molar-refractivity contribution >= 4 is 23.2 Å². The summed E-state index contributed by atoms with van der Waals surface area (Å²) in [5.41, 5.74) is 1.80. The van der Waals surface area contributed by atoms with Crippen molar-refractivity contribution in [2.24, 2.45) is 0 Å². The van der Waals surface area contributed by atoms with E-state index in [-0.39, 0.29) is 11.7 Å². The summed E-state index contributed by atoms with van der Waals surface area (Å²) < 4.78 is 1.77. The third kappa shape index (κ3) is 2.90. The van der Waals surface area contributed by atoms with Crippen LogP contribution in [0.5, 0.6) is 5.75 Å². The number of benzene rings is 1. The first-order valence-corrected chi connectivity index (χ1v) is 6.35. The van der Waals surface area contributed by atoms with E-state index >= 15 is 0 Å². The van der Waals surface area contributed by atoms with Crippen LogP contribution in [0.1, 0.15) is 23.0 Å². The number of hydrogen-bond donors (Lipinski definition) is 2. The number of nitrogens with zero attached hydrogens (tertiary/aromatic N) is 1. The van der Waals surface area contributed by atoms with E-state index in [1.807, 2.05) is 6.92 Å². The molecule has 0 radical (unpaired) electrons. The summed E-state index contributed by atoms with van der Waals surface area (Å²) in [6, 6.07) is 6.63. The zero-order chi connectivity index (χ0) is 14.0. The first-order chi connectivity index (χ1) is 9.01. The van der Waals surface area contributed by atoms with Crippen molar-refractivity contribution in [3.05, 3.63) is 46.7 Å². The standard InChI is InChI=1S/C14H15ClN2O2/c1-3-17-8-10(15)6-12(17)14(19)16-11-5-4-9(2)13(18)7-11/h4-8,18H,3H2,1-2H3,(H,16,19). The number of aromatic nitrogens is 1. The fraction of sp³-hybridized carbons (Fsp3) is 0.214. The lowest BCUT2D eigenvalue weighted by molar-refractivity contribution is 0.101. The van der Waals surface area contributed by atoms with Gasteiger partial charge in [0, 0.05) is 24.5 Å². The summed E-state index contributed by atoms with van der Waals surface area (Å²) in [5.74, 6) is -0.0984. The number of nitrogens with one attached hydrogen (secondary N) is 1. The highest BCUT2D eigenvalue weighted by atomic mass is 35.5. The highest BCUT2D eigenvalue weighted by Gasteiger charge is 2.13. The zero-order valence-electron chi connectivity index (χ0n) is 10.8. The molecule has 2 aromatic rings. The van der Waals surface area contributed by atoms with Crippen LogP contribution in [0.3, 0.4) is 0 Å². The quantitative estimate of drug-likeness (QED) is 0.904. The van der Waals surface area contributed by atoms with Gasteiger partial charge in [-0.1, -0.05) is 17.7 Å². The van der Waals surface area contributed by atoms with Gasteiger partial charge in [0.15, 0.2) is 0 Å².